The van der Waals surface area contributed by atoms with Gasteiger partial charge >= 0.3 is 0 Å². The summed E-state index contributed by atoms with van der Waals surface area (Å²) in [5.74, 6) is 3.53. The van der Waals surface area contributed by atoms with Crippen LogP contribution in [-0.4, -0.2) is 34.9 Å². The van der Waals surface area contributed by atoms with Crippen molar-refractivity contribution in [2.75, 3.05) is 13.1 Å². The van der Waals surface area contributed by atoms with Crippen LogP contribution in [0.4, 0.5) is 13.2 Å². The summed E-state index contributed by atoms with van der Waals surface area (Å²) >= 11 is 0. The van der Waals surface area contributed by atoms with Crippen molar-refractivity contribution in [3.8, 4) is 11.8 Å². The number of halogens is 3. The summed E-state index contributed by atoms with van der Waals surface area (Å²) in [5, 5.41) is 3.16. The van der Waals surface area contributed by atoms with Crippen LogP contribution in [0.5, 0.6) is 0 Å². The molecule has 1 unspecified atom stereocenters. The third-order valence-electron chi connectivity index (χ3n) is 8.10. The summed E-state index contributed by atoms with van der Waals surface area (Å²) in [6, 6.07) is 16.7. The predicted molar refractivity (Wildman–Crippen MR) is 159 cm³/mol. The fourth-order valence-corrected chi connectivity index (χ4v) is 5.59. The quantitative estimate of drug-likeness (QED) is 0.315. The first kappa shape index (κ1) is 29.6. The monoisotopic (exact) mass is 571 g/mol. The molecule has 1 aliphatic carbocycles. The lowest BCUT2D eigenvalue weighted by molar-refractivity contribution is 0.0174. The molecule has 1 aromatic heterocycles. The number of piperidine rings is 1. The van der Waals surface area contributed by atoms with Gasteiger partial charge in [-0.05, 0) is 85.4 Å². The van der Waals surface area contributed by atoms with Gasteiger partial charge in [0.25, 0.3) is 11.8 Å². The van der Waals surface area contributed by atoms with E-state index in [4.69, 9.17) is 0 Å². The van der Waals surface area contributed by atoms with Gasteiger partial charge in [-0.25, -0.2) is 18.2 Å². The third-order valence-corrected chi connectivity index (χ3v) is 8.10. The number of hydrogen-bond acceptors (Lipinski definition) is 3. The van der Waals surface area contributed by atoms with Crippen molar-refractivity contribution >= 4 is 11.5 Å². The van der Waals surface area contributed by atoms with Crippen LogP contribution in [-0.2, 0) is 12.5 Å². The number of carbonyl (C=O) groups excluding carboxylic acids is 1. The summed E-state index contributed by atoms with van der Waals surface area (Å²) in [6.07, 6.45) is 9.04. The van der Waals surface area contributed by atoms with Gasteiger partial charge in [0.2, 0.25) is 0 Å². The number of allylic oxidation sites excluding steroid dienone is 2. The van der Waals surface area contributed by atoms with Crippen molar-refractivity contribution in [2.24, 2.45) is 5.92 Å². The van der Waals surface area contributed by atoms with Gasteiger partial charge in [0.1, 0.15) is 11.5 Å². The van der Waals surface area contributed by atoms with E-state index in [0.717, 1.165) is 76.2 Å². The number of alkyl halides is 2. The van der Waals surface area contributed by atoms with Crippen LogP contribution in [0.3, 0.4) is 0 Å². The maximum atomic E-state index is 13.6. The highest BCUT2D eigenvalue weighted by Gasteiger charge is 2.24. The van der Waals surface area contributed by atoms with Crippen molar-refractivity contribution < 1.29 is 18.0 Å². The zero-order chi connectivity index (χ0) is 29.5. The molecule has 1 fully saturated rings. The molecule has 218 valence electrons. The lowest BCUT2D eigenvalue weighted by atomic mass is 9.96. The van der Waals surface area contributed by atoms with Gasteiger partial charge in [0.15, 0.2) is 0 Å². The second-order valence-corrected chi connectivity index (χ2v) is 11.4. The number of nitrogens with zero attached hydrogens (tertiary/aromatic N) is 2. The Morgan fingerprint density at radius 2 is 1.76 bits per heavy atom. The van der Waals surface area contributed by atoms with E-state index in [1.165, 1.54) is 29.8 Å². The predicted octanol–water partition coefficient (Wildman–Crippen LogP) is 7.35. The van der Waals surface area contributed by atoms with E-state index in [1.54, 1.807) is 30.5 Å². The molecule has 3 aromatic rings. The molecule has 0 spiro atoms. The number of benzene rings is 2. The largest absolute Gasteiger partial charge is 0.349 e. The number of rotatable bonds is 6. The molecule has 1 amide bonds. The molecule has 1 saturated heterocycles. The van der Waals surface area contributed by atoms with Crippen LogP contribution in [0, 0.1) is 23.6 Å². The highest BCUT2D eigenvalue weighted by molar-refractivity contribution is 5.94. The van der Waals surface area contributed by atoms with Crippen molar-refractivity contribution in [3.05, 3.63) is 107 Å². The summed E-state index contributed by atoms with van der Waals surface area (Å²) in [5.41, 5.74) is 4.39. The van der Waals surface area contributed by atoms with Crippen molar-refractivity contribution in [1.82, 2.24) is 15.2 Å². The molecule has 1 atom stereocenters. The van der Waals surface area contributed by atoms with Crippen LogP contribution < -0.4 is 5.32 Å². The molecule has 1 aliphatic heterocycles. The number of amides is 1. The number of likely N-dealkylation sites (tertiary alicyclic amines) is 1. The Morgan fingerprint density at radius 3 is 2.48 bits per heavy atom. The van der Waals surface area contributed by atoms with E-state index in [1.807, 2.05) is 12.1 Å². The van der Waals surface area contributed by atoms with E-state index >= 15 is 0 Å². The number of hydrogen-bond donors (Lipinski definition) is 1. The van der Waals surface area contributed by atoms with E-state index in [0.29, 0.717) is 11.3 Å². The van der Waals surface area contributed by atoms with Crippen LogP contribution >= 0.6 is 0 Å². The average molecular weight is 572 g/mol. The summed E-state index contributed by atoms with van der Waals surface area (Å²) in [4.78, 5) is 19.7. The minimum atomic E-state index is -2.84. The zero-order valence-electron chi connectivity index (χ0n) is 23.9. The van der Waals surface area contributed by atoms with E-state index in [2.05, 4.69) is 33.1 Å². The molecule has 0 saturated carbocycles. The van der Waals surface area contributed by atoms with Crippen LogP contribution in [0.2, 0.25) is 0 Å². The van der Waals surface area contributed by atoms with E-state index in [9.17, 15) is 18.0 Å². The van der Waals surface area contributed by atoms with Crippen molar-refractivity contribution in [2.45, 2.75) is 64.0 Å². The number of nitrogens with one attached hydrogen (secondary N) is 1. The molecule has 1 N–H and O–H groups in total. The molecular formula is C35H36F3N3O. The van der Waals surface area contributed by atoms with Gasteiger partial charge in [-0.1, -0.05) is 48.4 Å². The first-order chi connectivity index (χ1) is 20.2. The third kappa shape index (κ3) is 8.10. The molecule has 2 aliphatic rings. The fourth-order valence-electron chi connectivity index (χ4n) is 5.59. The topological polar surface area (TPSA) is 45.2 Å². The average Bonchev–Trinajstić information content (AvgIpc) is 3.24. The van der Waals surface area contributed by atoms with Crippen molar-refractivity contribution in [1.29, 1.82) is 0 Å². The number of aromatic nitrogens is 1. The Labute approximate surface area is 246 Å². The SMILES string of the molecule is CC(F)(F)c1ccc(C2=CCCC(C#Cc3cc(C(=O)NC4CCN(Cc5ccc(F)cc5)CC4)ccn3)CC2)cc1. The molecule has 0 radical (unpaired) electrons. The highest BCUT2D eigenvalue weighted by atomic mass is 19.3. The van der Waals surface area contributed by atoms with Crippen LogP contribution in [0.15, 0.2) is 72.9 Å². The van der Waals surface area contributed by atoms with Gasteiger partial charge in [-0.15, -0.1) is 0 Å². The summed E-state index contributed by atoms with van der Waals surface area (Å²) < 4.78 is 40.3. The first-order valence-electron chi connectivity index (χ1n) is 14.7. The smallest absolute Gasteiger partial charge is 0.270 e. The molecule has 42 heavy (non-hydrogen) atoms. The Hall–Kier alpha value is -3.89. The lowest BCUT2D eigenvalue weighted by Crippen LogP contribution is -2.44. The summed E-state index contributed by atoms with van der Waals surface area (Å²) in [6.45, 7) is 3.43. The Balaban J connectivity index is 1.11. The van der Waals surface area contributed by atoms with Gasteiger partial charge in [-0.3, -0.25) is 9.69 Å². The second kappa shape index (κ2) is 13.4. The Morgan fingerprint density at radius 1 is 1.02 bits per heavy atom. The lowest BCUT2D eigenvalue weighted by Gasteiger charge is -2.32. The molecular weight excluding hydrogens is 535 g/mol. The Kier molecular flexibility index (Phi) is 9.44. The number of carbonyl (C=O) groups is 1. The van der Waals surface area contributed by atoms with E-state index in [-0.39, 0.29) is 29.2 Å². The molecule has 4 nitrogen and oxygen atoms in total. The van der Waals surface area contributed by atoms with Gasteiger partial charge in [0.05, 0.1) is 0 Å². The minimum Gasteiger partial charge on any atom is -0.349 e. The number of pyridine rings is 1. The maximum absolute atomic E-state index is 13.6. The first-order valence-corrected chi connectivity index (χ1v) is 14.7. The molecule has 2 aromatic carbocycles. The second-order valence-electron chi connectivity index (χ2n) is 11.4. The van der Waals surface area contributed by atoms with Crippen molar-refractivity contribution in [3.63, 3.8) is 0 Å². The standard InChI is InChI=1S/C35H36F3N3O/c1-35(37,38)30-12-10-28(11-13-30)27-4-2-3-25(5-9-27)8-16-33-23-29(17-20-39-33)34(42)40-32-18-21-41(22-19-32)24-26-6-14-31(36)15-7-26/h4,6-7,10-15,17,20,23,25,32H,2-3,5,9,18-19,21-22,24H2,1H3,(H,40,42). The molecule has 2 heterocycles. The highest BCUT2D eigenvalue weighted by Crippen LogP contribution is 2.32. The van der Waals surface area contributed by atoms with Crippen LogP contribution in [0.25, 0.3) is 5.57 Å². The minimum absolute atomic E-state index is 0.0246. The van der Waals surface area contributed by atoms with E-state index < -0.39 is 5.92 Å². The van der Waals surface area contributed by atoms with Crippen LogP contribution in [0.1, 0.15) is 78.2 Å². The van der Waals surface area contributed by atoms with Gasteiger partial charge < -0.3 is 5.32 Å². The van der Waals surface area contributed by atoms with Gasteiger partial charge in [-0.2, -0.15) is 0 Å². The van der Waals surface area contributed by atoms with Gasteiger partial charge in [0, 0.05) is 55.8 Å². The fraction of sp³-hybridized carbons (Fsp3) is 0.371. The Bertz CT molecular complexity index is 1460. The molecule has 7 heteroatoms. The molecule has 5 rings (SSSR count). The molecule has 0 bridgehead atoms. The summed E-state index contributed by atoms with van der Waals surface area (Å²) in [7, 11) is 0. The maximum Gasteiger partial charge on any atom is 0.270 e. The zero-order valence-corrected chi connectivity index (χ0v) is 23.9. The normalized spacial score (nSPS) is 18.4.